The van der Waals surface area contributed by atoms with Crippen molar-refractivity contribution >= 4 is 22.7 Å². The summed E-state index contributed by atoms with van der Waals surface area (Å²) in [6.45, 7) is 0. The van der Waals surface area contributed by atoms with Gasteiger partial charge in [-0.25, -0.2) is 9.59 Å². The summed E-state index contributed by atoms with van der Waals surface area (Å²) in [5.74, 6) is -1.39. The molecule has 0 radical (unpaired) electrons. The molecule has 0 bridgehead atoms. The van der Waals surface area contributed by atoms with E-state index >= 15 is 0 Å². The maximum atomic E-state index is 11.9. The molecule has 0 amide bonds. The second-order valence-corrected chi connectivity index (χ2v) is 4.22. The summed E-state index contributed by atoms with van der Waals surface area (Å²) in [6.07, 6.45) is 0. The number of carbonyl (C=O) groups excluding carboxylic acids is 2. The van der Waals surface area contributed by atoms with Crippen molar-refractivity contribution in [2.45, 2.75) is 0 Å². The fraction of sp³-hybridized carbons (Fsp3) is 0.200. The Bertz CT molecular complexity index is 720. The van der Waals surface area contributed by atoms with Crippen LogP contribution in [0.25, 0.3) is 10.8 Å². The highest BCUT2D eigenvalue weighted by atomic mass is 16.5. The van der Waals surface area contributed by atoms with Gasteiger partial charge in [-0.1, -0.05) is 6.07 Å². The van der Waals surface area contributed by atoms with E-state index < -0.39 is 11.9 Å². The third-order valence-electron chi connectivity index (χ3n) is 3.12. The molecule has 110 valence electrons. The molecule has 1 N–H and O–H groups in total. The normalized spacial score (nSPS) is 10.2. The van der Waals surface area contributed by atoms with E-state index in [9.17, 15) is 14.7 Å². The number of esters is 2. The molecule has 0 unspecified atom stereocenters. The number of ether oxygens (including phenoxy) is 3. The average molecular weight is 290 g/mol. The largest absolute Gasteiger partial charge is 0.506 e. The zero-order valence-corrected chi connectivity index (χ0v) is 11.8. The zero-order chi connectivity index (χ0) is 15.6. The van der Waals surface area contributed by atoms with Gasteiger partial charge in [-0.3, -0.25) is 0 Å². The van der Waals surface area contributed by atoms with E-state index in [1.807, 2.05) is 0 Å². The van der Waals surface area contributed by atoms with Crippen LogP contribution in [0, 0.1) is 0 Å². The highest BCUT2D eigenvalue weighted by Crippen LogP contribution is 2.34. The predicted molar refractivity (Wildman–Crippen MR) is 74.8 cm³/mol. The van der Waals surface area contributed by atoms with E-state index in [4.69, 9.17) is 4.74 Å². The van der Waals surface area contributed by atoms with Crippen LogP contribution >= 0.6 is 0 Å². The lowest BCUT2D eigenvalue weighted by Gasteiger charge is -2.12. The number of hydrogen-bond acceptors (Lipinski definition) is 6. The van der Waals surface area contributed by atoms with Gasteiger partial charge < -0.3 is 19.3 Å². The van der Waals surface area contributed by atoms with Crippen LogP contribution in [-0.4, -0.2) is 38.4 Å². The van der Waals surface area contributed by atoms with Crippen LogP contribution in [0.3, 0.4) is 0 Å². The number of rotatable bonds is 3. The van der Waals surface area contributed by atoms with Crippen LogP contribution in [0.4, 0.5) is 0 Å². The third kappa shape index (κ3) is 2.47. The van der Waals surface area contributed by atoms with Gasteiger partial charge in [0, 0.05) is 5.39 Å². The summed E-state index contributed by atoms with van der Waals surface area (Å²) < 4.78 is 14.3. The second-order valence-electron chi connectivity index (χ2n) is 4.22. The molecule has 2 aromatic rings. The number of phenolic OH excluding ortho intramolecular Hbond substituents is 1. The molecule has 2 rings (SSSR count). The zero-order valence-electron chi connectivity index (χ0n) is 11.8. The molecule has 0 heterocycles. The first kappa shape index (κ1) is 14.6. The molecule has 0 saturated heterocycles. The van der Waals surface area contributed by atoms with Crippen LogP contribution in [0.15, 0.2) is 24.3 Å². The minimum Gasteiger partial charge on any atom is -0.506 e. The second kappa shape index (κ2) is 5.70. The van der Waals surface area contributed by atoms with E-state index in [2.05, 4.69) is 9.47 Å². The molecule has 0 aliphatic carbocycles. The minimum atomic E-state index is -0.822. The first-order valence-electron chi connectivity index (χ1n) is 6.03. The Labute approximate surface area is 120 Å². The number of hydrogen-bond donors (Lipinski definition) is 1. The molecule has 2 aromatic carbocycles. The van der Waals surface area contributed by atoms with E-state index in [0.29, 0.717) is 16.5 Å². The van der Waals surface area contributed by atoms with Gasteiger partial charge in [0.05, 0.1) is 26.9 Å². The number of carbonyl (C=O) groups is 2. The van der Waals surface area contributed by atoms with Crippen molar-refractivity contribution in [3.05, 3.63) is 35.4 Å². The maximum Gasteiger partial charge on any atom is 0.342 e. The van der Waals surface area contributed by atoms with Gasteiger partial charge >= 0.3 is 11.9 Å². The molecule has 0 atom stereocenters. The lowest BCUT2D eigenvalue weighted by atomic mass is 9.99. The molecule has 0 aromatic heterocycles. The lowest BCUT2D eigenvalue weighted by molar-refractivity contribution is 0.0552. The molecule has 6 nitrogen and oxygen atoms in total. The highest BCUT2D eigenvalue weighted by molar-refractivity contribution is 6.11. The Morgan fingerprint density at radius 3 is 2.24 bits per heavy atom. The van der Waals surface area contributed by atoms with E-state index in [0.717, 1.165) is 0 Å². The van der Waals surface area contributed by atoms with Crippen LogP contribution < -0.4 is 4.74 Å². The van der Waals surface area contributed by atoms with Crippen LogP contribution in [0.5, 0.6) is 11.5 Å². The Morgan fingerprint density at radius 1 is 1.00 bits per heavy atom. The minimum absolute atomic E-state index is 0.0560. The molecular weight excluding hydrogens is 276 g/mol. The van der Waals surface area contributed by atoms with Gasteiger partial charge in [0.2, 0.25) is 0 Å². The summed E-state index contributed by atoms with van der Waals surface area (Å²) in [5, 5.41) is 11.3. The van der Waals surface area contributed by atoms with E-state index in [-0.39, 0.29) is 16.9 Å². The topological polar surface area (TPSA) is 82.1 Å². The smallest absolute Gasteiger partial charge is 0.342 e. The summed E-state index contributed by atoms with van der Waals surface area (Å²) in [5.41, 5.74) is -0.287. The number of benzene rings is 2. The Morgan fingerprint density at radius 2 is 1.67 bits per heavy atom. The molecule has 0 aliphatic rings. The van der Waals surface area contributed by atoms with Crippen molar-refractivity contribution in [1.29, 1.82) is 0 Å². The Kier molecular flexibility index (Phi) is 3.98. The Hall–Kier alpha value is -2.76. The SMILES string of the molecule is COC(=O)c1cc2ccc(OC)cc2c(O)c1C(=O)OC. The quantitative estimate of drug-likeness (QED) is 0.872. The Balaban J connectivity index is 2.83. The number of aromatic hydroxyl groups is 1. The molecule has 0 spiro atoms. The van der Waals surface area contributed by atoms with Crippen LogP contribution in [-0.2, 0) is 9.47 Å². The highest BCUT2D eigenvalue weighted by Gasteiger charge is 2.25. The van der Waals surface area contributed by atoms with Crippen LogP contribution in [0.2, 0.25) is 0 Å². The van der Waals surface area contributed by atoms with Crippen molar-refractivity contribution in [2.75, 3.05) is 21.3 Å². The number of fused-ring (bicyclic) bond motifs is 1. The fourth-order valence-corrected chi connectivity index (χ4v) is 2.06. The van der Waals surface area contributed by atoms with Gasteiger partial charge in [0.25, 0.3) is 0 Å². The molecule has 6 heteroatoms. The lowest BCUT2D eigenvalue weighted by Crippen LogP contribution is -2.12. The molecular formula is C15H14O6. The fourth-order valence-electron chi connectivity index (χ4n) is 2.06. The van der Waals surface area contributed by atoms with Crippen molar-refractivity contribution in [2.24, 2.45) is 0 Å². The monoisotopic (exact) mass is 290 g/mol. The van der Waals surface area contributed by atoms with Gasteiger partial charge in [-0.15, -0.1) is 0 Å². The van der Waals surface area contributed by atoms with E-state index in [1.165, 1.54) is 27.4 Å². The predicted octanol–water partition coefficient (Wildman–Crippen LogP) is 2.13. The molecule has 0 fully saturated rings. The van der Waals surface area contributed by atoms with Crippen molar-refractivity contribution in [3.63, 3.8) is 0 Å². The van der Waals surface area contributed by atoms with Crippen molar-refractivity contribution < 1.29 is 28.9 Å². The van der Waals surface area contributed by atoms with Gasteiger partial charge in [-0.05, 0) is 23.6 Å². The van der Waals surface area contributed by atoms with E-state index in [1.54, 1.807) is 18.2 Å². The average Bonchev–Trinajstić information content (AvgIpc) is 2.52. The number of methoxy groups -OCH3 is 3. The van der Waals surface area contributed by atoms with Crippen LogP contribution in [0.1, 0.15) is 20.7 Å². The first-order valence-corrected chi connectivity index (χ1v) is 6.03. The van der Waals surface area contributed by atoms with Gasteiger partial charge in [0.1, 0.15) is 17.1 Å². The molecule has 0 saturated carbocycles. The molecule has 21 heavy (non-hydrogen) atoms. The summed E-state index contributed by atoms with van der Waals surface area (Å²) in [6, 6.07) is 6.38. The standard InChI is InChI=1S/C15H14O6/c1-19-9-5-4-8-6-11(14(17)20-2)12(15(18)21-3)13(16)10(8)7-9/h4-7,16H,1-3H3. The first-order chi connectivity index (χ1) is 10.0. The summed E-state index contributed by atoms with van der Waals surface area (Å²) >= 11 is 0. The molecule has 0 aliphatic heterocycles. The van der Waals surface area contributed by atoms with Crippen molar-refractivity contribution in [3.8, 4) is 11.5 Å². The van der Waals surface area contributed by atoms with Gasteiger partial charge in [-0.2, -0.15) is 0 Å². The third-order valence-corrected chi connectivity index (χ3v) is 3.12. The maximum absolute atomic E-state index is 11.9. The van der Waals surface area contributed by atoms with Crippen molar-refractivity contribution in [1.82, 2.24) is 0 Å². The van der Waals surface area contributed by atoms with Gasteiger partial charge in [0.15, 0.2) is 0 Å². The summed E-state index contributed by atoms with van der Waals surface area (Å²) in [7, 11) is 3.85. The summed E-state index contributed by atoms with van der Waals surface area (Å²) in [4.78, 5) is 23.7. The number of phenols is 1.